The minimum absolute atomic E-state index is 0.0622. The van der Waals surface area contributed by atoms with Gasteiger partial charge in [0.25, 0.3) is 0 Å². The number of nitrogens with zero attached hydrogens (tertiary/aromatic N) is 2. The average molecular weight is 474 g/mol. The van der Waals surface area contributed by atoms with Crippen molar-refractivity contribution in [2.75, 3.05) is 29.9 Å². The van der Waals surface area contributed by atoms with E-state index in [0.29, 0.717) is 43.6 Å². The van der Waals surface area contributed by atoms with E-state index in [2.05, 4.69) is 5.32 Å². The summed E-state index contributed by atoms with van der Waals surface area (Å²) in [6, 6.07) is 9.04. The summed E-state index contributed by atoms with van der Waals surface area (Å²) in [5.74, 6) is -1.21. The molecule has 4 rings (SSSR count). The van der Waals surface area contributed by atoms with Crippen LogP contribution in [0.3, 0.4) is 0 Å². The first-order valence-electron chi connectivity index (χ1n) is 11.1. The van der Waals surface area contributed by atoms with E-state index in [1.54, 1.807) is 30.0 Å². The van der Waals surface area contributed by atoms with Gasteiger partial charge in [-0.1, -0.05) is 0 Å². The largest absolute Gasteiger partial charge is 0.326 e. The fraction of sp³-hybridized carbons (Fsp3) is 0.417. The molecule has 0 radical (unpaired) electrons. The number of hydrogen-bond donors (Lipinski definition) is 1. The molecule has 2 aromatic rings. The van der Waals surface area contributed by atoms with E-state index in [0.717, 1.165) is 17.7 Å². The maximum absolute atomic E-state index is 13.4. The van der Waals surface area contributed by atoms with Gasteiger partial charge in [-0.3, -0.25) is 9.59 Å². The van der Waals surface area contributed by atoms with Crippen molar-refractivity contribution in [1.82, 2.24) is 4.31 Å². The second kappa shape index (κ2) is 9.23. The van der Waals surface area contributed by atoms with Crippen LogP contribution >= 0.6 is 0 Å². The molecule has 0 aromatic heterocycles. The Morgan fingerprint density at radius 3 is 2.61 bits per heavy atom. The van der Waals surface area contributed by atoms with Crippen molar-refractivity contribution in [2.45, 2.75) is 44.4 Å². The topological polar surface area (TPSA) is 86.8 Å². The van der Waals surface area contributed by atoms with Crippen molar-refractivity contribution < 1.29 is 22.4 Å². The average Bonchev–Trinajstić information content (AvgIpc) is 2.80. The van der Waals surface area contributed by atoms with Gasteiger partial charge in [-0.15, -0.1) is 0 Å². The van der Waals surface area contributed by atoms with Gasteiger partial charge in [0, 0.05) is 37.9 Å². The summed E-state index contributed by atoms with van der Waals surface area (Å²) in [7, 11) is -3.79. The highest BCUT2D eigenvalue weighted by atomic mass is 32.2. The van der Waals surface area contributed by atoms with Crippen LogP contribution in [0.1, 0.15) is 37.3 Å². The van der Waals surface area contributed by atoms with E-state index in [4.69, 9.17) is 0 Å². The van der Waals surface area contributed by atoms with Gasteiger partial charge in [-0.05, 0) is 80.1 Å². The molecule has 1 saturated heterocycles. The Morgan fingerprint density at radius 1 is 1.09 bits per heavy atom. The molecule has 1 N–H and O–H groups in total. The lowest BCUT2D eigenvalue weighted by molar-refractivity contribution is -0.121. The zero-order valence-electron chi connectivity index (χ0n) is 18.8. The van der Waals surface area contributed by atoms with Crippen LogP contribution in [-0.2, 0) is 26.0 Å². The van der Waals surface area contributed by atoms with Crippen molar-refractivity contribution >= 4 is 33.2 Å². The highest BCUT2D eigenvalue weighted by Gasteiger charge is 2.34. The molecule has 0 saturated carbocycles. The molecular formula is C24H28FN3O4S. The van der Waals surface area contributed by atoms with Gasteiger partial charge in [-0.2, -0.15) is 4.31 Å². The third-order valence-electron chi connectivity index (χ3n) is 6.39. The predicted octanol–water partition coefficient (Wildman–Crippen LogP) is 3.47. The molecule has 2 aliphatic heterocycles. The van der Waals surface area contributed by atoms with Gasteiger partial charge in [0.1, 0.15) is 5.82 Å². The van der Waals surface area contributed by atoms with Crippen molar-refractivity contribution in [3.8, 4) is 0 Å². The van der Waals surface area contributed by atoms with Gasteiger partial charge in [0.2, 0.25) is 21.8 Å². The molecule has 9 heteroatoms. The Hall–Kier alpha value is -2.78. The maximum Gasteiger partial charge on any atom is 0.243 e. The molecule has 7 nitrogen and oxygen atoms in total. The second-order valence-corrected chi connectivity index (χ2v) is 10.7. The van der Waals surface area contributed by atoms with Gasteiger partial charge in [0.05, 0.1) is 10.8 Å². The minimum Gasteiger partial charge on any atom is -0.326 e. The number of amides is 2. The van der Waals surface area contributed by atoms with Crippen LogP contribution in [0.15, 0.2) is 41.3 Å². The molecule has 0 unspecified atom stereocenters. The number of halogens is 1. The monoisotopic (exact) mass is 473 g/mol. The quantitative estimate of drug-likeness (QED) is 0.737. The van der Waals surface area contributed by atoms with Crippen LogP contribution in [0, 0.1) is 18.7 Å². The summed E-state index contributed by atoms with van der Waals surface area (Å²) >= 11 is 0. The van der Waals surface area contributed by atoms with Crippen molar-refractivity contribution in [1.29, 1.82) is 0 Å². The minimum atomic E-state index is -3.79. The summed E-state index contributed by atoms with van der Waals surface area (Å²) < 4.78 is 41.5. The first-order chi connectivity index (χ1) is 15.7. The smallest absolute Gasteiger partial charge is 0.243 e. The molecule has 2 heterocycles. The summed E-state index contributed by atoms with van der Waals surface area (Å²) in [4.78, 5) is 26.6. The van der Waals surface area contributed by atoms with E-state index in [9.17, 15) is 22.4 Å². The normalized spacial score (nSPS) is 19.1. The second-order valence-electron chi connectivity index (χ2n) is 8.72. The molecule has 176 valence electrons. The highest BCUT2D eigenvalue weighted by Crippen LogP contribution is 2.32. The van der Waals surface area contributed by atoms with Gasteiger partial charge < -0.3 is 10.2 Å². The Kier molecular flexibility index (Phi) is 6.54. The number of anilines is 2. The van der Waals surface area contributed by atoms with Crippen molar-refractivity contribution in [3.05, 3.63) is 53.3 Å². The number of fused-ring (bicyclic) bond motifs is 1. The molecule has 2 aromatic carbocycles. The molecule has 33 heavy (non-hydrogen) atoms. The van der Waals surface area contributed by atoms with Crippen molar-refractivity contribution in [3.63, 3.8) is 0 Å². The highest BCUT2D eigenvalue weighted by molar-refractivity contribution is 7.89. The van der Waals surface area contributed by atoms with Crippen LogP contribution in [0.25, 0.3) is 0 Å². The number of hydrogen-bond acceptors (Lipinski definition) is 4. The lowest BCUT2D eigenvalue weighted by Crippen LogP contribution is -2.43. The standard InChI is InChI=1S/C24H28FN3O4S/c1-16-13-20(25)7-9-22(16)26-24(30)19-6-3-11-27(15-19)33(31,32)21-8-10-23-18(14-21)5-4-12-28(23)17(2)29/h7-10,13-14,19H,3-6,11-12,15H2,1-2H3,(H,26,30)/t19-/m1/s1. The lowest BCUT2D eigenvalue weighted by Gasteiger charge is -2.32. The van der Waals surface area contributed by atoms with Crippen molar-refractivity contribution in [2.24, 2.45) is 5.92 Å². The summed E-state index contributed by atoms with van der Waals surface area (Å²) in [5, 5.41) is 2.81. The summed E-state index contributed by atoms with van der Waals surface area (Å²) in [5.41, 5.74) is 2.73. The first kappa shape index (κ1) is 23.4. The Balaban J connectivity index is 1.51. The molecule has 1 atom stereocenters. The van der Waals surface area contributed by atoms with E-state index >= 15 is 0 Å². The SMILES string of the molecule is CC(=O)N1CCCc2cc(S(=O)(=O)N3CCC[C@@H](C(=O)Nc4ccc(F)cc4C)C3)ccc21. The number of rotatable bonds is 4. The van der Waals surface area contributed by atoms with Crippen LogP contribution in [0.4, 0.5) is 15.8 Å². The fourth-order valence-electron chi connectivity index (χ4n) is 4.59. The van der Waals surface area contributed by atoms with Gasteiger partial charge >= 0.3 is 0 Å². The van der Waals surface area contributed by atoms with Crippen LogP contribution in [-0.4, -0.2) is 44.2 Å². The molecule has 2 amide bonds. The number of carbonyl (C=O) groups excluding carboxylic acids is 2. The zero-order valence-corrected chi connectivity index (χ0v) is 19.6. The van der Waals surface area contributed by atoms with E-state index in [1.807, 2.05) is 0 Å². The first-order valence-corrected chi connectivity index (χ1v) is 12.6. The Labute approximate surface area is 193 Å². The van der Waals surface area contributed by atoms with E-state index in [-0.39, 0.29) is 29.1 Å². The van der Waals surface area contributed by atoms with E-state index < -0.39 is 15.9 Å². The molecule has 1 fully saturated rings. The van der Waals surface area contributed by atoms with E-state index in [1.165, 1.54) is 29.4 Å². The number of carbonyl (C=O) groups is 2. The maximum atomic E-state index is 13.4. The number of nitrogens with one attached hydrogen (secondary N) is 1. The van der Waals surface area contributed by atoms with Crippen LogP contribution < -0.4 is 10.2 Å². The summed E-state index contributed by atoms with van der Waals surface area (Å²) in [6.07, 6.45) is 2.65. The molecule has 2 aliphatic rings. The Bertz CT molecular complexity index is 1200. The summed E-state index contributed by atoms with van der Waals surface area (Å²) in [6.45, 7) is 4.28. The molecule has 0 aliphatic carbocycles. The van der Waals surface area contributed by atoms with Gasteiger partial charge in [0.15, 0.2) is 0 Å². The fourth-order valence-corrected chi connectivity index (χ4v) is 6.16. The number of sulfonamides is 1. The zero-order chi connectivity index (χ0) is 23.8. The molecule has 0 bridgehead atoms. The van der Waals surface area contributed by atoms with Gasteiger partial charge in [-0.25, -0.2) is 12.8 Å². The predicted molar refractivity (Wildman–Crippen MR) is 124 cm³/mol. The number of aryl methyl sites for hydroxylation is 2. The molecular weight excluding hydrogens is 445 g/mol. The van der Waals surface area contributed by atoms with Crippen LogP contribution in [0.2, 0.25) is 0 Å². The Morgan fingerprint density at radius 2 is 1.88 bits per heavy atom. The van der Waals surface area contributed by atoms with Crippen LogP contribution in [0.5, 0.6) is 0 Å². The lowest BCUT2D eigenvalue weighted by atomic mass is 9.98. The third-order valence-corrected chi connectivity index (χ3v) is 8.25. The number of benzene rings is 2. The third kappa shape index (κ3) is 4.79. The number of piperidine rings is 1. The molecule has 0 spiro atoms.